The molecule has 0 radical (unpaired) electrons. The van der Waals surface area contributed by atoms with Crippen molar-refractivity contribution in [2.24, 2.45) is 5.73 Å². The lowest BCUT2D eigenvalue weighted by atomic mass is 10.2. The molecule has 0 unspecified atom stereocenters. The third-order valence-electron chi connectivity index (χ3n) is 1.37. The minimum atomic E-state index is -0.557. The van der Waals surface area contributed by atoms with Crippen LogP contribution in [-0.4, -0.2) is 21.0 Å². The molecule has 1 rings (SSSR count). The van der Waals surface area contributed by atoms with E-state index in [9.17, 15) is 4.79 Å². The largest absolute Gasteiger partial charge is 0.328 e. The molecule has 4 nitrogen and oxygen atoms in total. The molecule has 1 aromatic heterocycles. The molecule has 0 fully saturated rings. The molecule has 0 saturated carbocycles. The summed E-state index contributed by atoms with van der Waals surface area (Å²) in [4.78, 5) is 14.6. The molecule has 0 aliphatic rings. The lowest BCUT2D eigenvalue weighted by Crippen LogP contribution is -2.17. The van der Waals surface area contributed by atoms with Gasteiger partial charge in [0.25, 0.3) is 0 Å². The molecule has 0 aliphatic carbocycles. The van der Waals surface area contributed by atoms with Crippen LogP contribution < -0.4 is 5.73 Å². The van der Waals surface area contributed by atoms with Gasteiger partial charge in [-0.05, 0) is 18.5 Å². The Labute approximate surface area is 75.3 Å². The molecule has 0 saturated heterocycles. The number of imidazole rings is 1. The maximum absolute atomic E-state index is 10.6. The summed E-state index contributed by atoms with van der Waals surface area (Å²) < 4.78 is 1.22. The van der Waals surface area contributed by atoms with E-state index in [1.165, 1.54) is 10.9 Å². The molecule has 66 valence electrons. The van der Waals surface area contributed by atoms with Crippen LogP contribution in [0.1, 0.15) is 12.6 Å². The van der Waals surface area contributed by atoms with Crippen LogP contribution in [0.15, 0.2) is 12.5 Å². The summed E-state index contributed by atoms with van der Waals surface area (Å²) in [6, 6.07) is 0.0405. The zero-order valence-electron chi connectivity index (χ0n) is 6.70. The first-order chi connectivity index (χ1) is 5.59. The average Bonchev–Trinajstić information content (AvgIpc) is 2.34. The Morgan fingerprint density at radius 3 is 3.00 bits per heavy atom. The van der Waals surface area contributed by atoms with Crippen molar-refractivity contribution in [3.63, 3.8) is 0 Å². The lowest BCUT2D eigenvalue weighted by Gasteiger charge is -1.98. The van der Waals surface area contributed by atoms with Gasteiger partial charge in [0.2, 0.25) is 0 Å². The van der Waals surface area contributed by atoms with Crippen molar-refractivity contribution in [2.45, 2.75) is 19.4 Å². The highest BCUT2D eigenvalue weighted by atomic mass is 35.5. The topological polar surface area (TPSA) is 60.9 Å². The Kier molecular flexibility index (Phi) is 2.83. The van der Waals surface area contributed by atoms with Gasteiger partial charge in [-0.1, -0.05) is 0 Å². The van der Waals surface area contributed by atoms with E-state index in [4.69, 9.17) is 17.3 Å². The molecule has 0 spiro atoms. The van der Waals surface area contributed by atoms with Gasteiger partial charge in [-0.2, -0.15) is 0 Å². The van der Waals surface area contributed by atoms with Gasteiger partial charge >= 0.3 is 5.37 Å². The molecular formula is C7H10ClN3O. The van der Waals surface area contributed by atoms with Crippen LogP contribution in [0.4, 0.5) is 4.79 Å². The van der Waals surface area contributed by atoms with Crippen molar-refractivity contribution in [3.8, 4) is 0 Å². The molecule has 1 heterocycles. The fourth-order valence-corrected chi connectivity index (χ4v) is 0.987. The highest BCUT2D eigenvalue weighted by Gasteiger charge is 2.04. The third kappa shape index (κ3) is 2.32. The predicted molar refractivity (Wildman–Crippen MR) is 46.2 cm³/mol. The number of carbonyl (C=O) groups excluding carboxylic acids is 1. The molecule has 0 bridgehead atoms. The van der Waals surface area contributed by atoms with Crippen LogP contribution in [0.3, 0.4) is 0 Å². The highest BCUT2D eigenvalue weighted by molar-refractivity contribution is 6.63. The normalized spacial score (nSPS) is 12.9. The van der Waals surface area contributed by atoms with Crippen molar-refractivity contribution in [1.82, 2.24) is 9.55 Å². The second kappa shape index (κ2) is 3.69. The Bertz CT molecular complexity index is 282. The molecule has 2 N–H and O–H groups in total. The van der Waals surface area contributed by atoms with Gasteiger partial charge in [0.1, 0.15) is 6.33 Å². The van der Waals surface area contributed by atoms with Crippen LogP contribution in [0.25, 0.3) is 0 Å². The molecular weight excluding hydrogens is 178 g/mol. The van der Waals surface area contributed by atoms with E-state index in [1.54, 1.807) is 6.20 Å². The van der Waals surface area contributed by atoms with Crippen LogP contribution in [0.2, 0.25) is 0 Å². The summed E-state index contributed by atoms with van der Waals surface area (Å²) in [6.45, 7) is 1.88. The van der Waals surface area contributed by atoms with Crippen molar-refractivity contribution in [1.29, 1.82) is 0 Å². The van der Waals surface area contributed by atoms with Gasteiger partial charge in [-0.15, -0.1) is 0 Å². The van der Waals surface area contributed by atoms with E-state index in [0.717, 1.165) is 5.69 Å². The van der Waals surface area contributed by atoms with Gasteiger partial charge in [0, 0.05) is 18.7 Å². The molecule has 0 aromatic carbocycles. The van der Waals surface area contributed by atoms with E-state index >= 15 is 0 Å². The fraction of sp³-hybridized carbons (Fsp3) is 0.429. The number of aromatic nitrogens is 2. The van der Waals surface area contributed by atoms with Crippen molar-refractivity contribution >= 4 is 17.0 Å². The molecule has 12 heavy (non-hydrogen) atoms. The molecule has 0 aliphatic heterocycles. The highest BCUT2D eigenvalue weighted by Crippen LogP contribution is 2.00. The SMILES string of the molecule is C[C@@H](N)Cc1cn(C(=O)Cl)cn1. The fourth-order valence-electron chi connectivity index (χ4n) is 0.895. The van der Waals surface area contributed by atoms with E-state index < -0.39 is 5.37 Å². The number of carbonyl (C=O) groups is 1. The average molecular weight is 188 g/mol. The Morgan fingerprint density at radius 1 is 1.92 bits per heavy atom. The van der Waals surface area contributed by atoms with Gasteiger partial charge < -0.3 is 5.73 Å². The Hall–Kier alpha value is -0.870. The maximum atomic E-state index is 10.6. The second-order valence-electron chi connectivity index (χ2n) is 2.71. The minimum Gasteiger partial charge on any atom is -0.328 e. The van der Waals surface area contributed by atoms with Crippen LogP contribution in [0.5, 0.6) is 0 Å². The number of halogens is 1. The third-order valence-corrected chi connectivity index (χ3v) is 1.57. The smallest absolute Gasteiger partial charge is 0.325 e. The lowest BCUT2D eigenvalue weighted by molar-refractivity contribution is 0.261. The first-order valence-corrected chi connectivity index (χ1v) is 3.95. The first-order valence-electron chi connectivity index (χ1n) is 3.58. The molecule has 1 atom stereocenters. The first kappa shape index (κ1) is 9.22. The summed E-state index contributed by atoms with van der Waals surface area (Å²) in [5, 5.41) is -0.557. The van der Waals surface area contributed by atoms with Gasteiger partial charge in [-0.3, -0.25) is 9.36 Å². The zero-order valence-corrected chi connectivity index (χ0v) is 7.45. The number of nitrogens with two attached hydrogens (primary N) is 1. The van der Waals surface area contributed by atoms with Crippen LogP contribution in [0, 0.1) is 0 Å². The van der Waals surface area contributed by atoms with E-state index in [1.807, 2.05) is 6.92 Å². The monoisotopic (exact) mass is 187 g/mol. The van der Waals surface area contributed by atoms with E-state index in [-0.39, 0.29) is 6.04 Å². The van der Waals surface area contributed by atoms with Crippen molar-refractivity contribution < 1.29 is 4.79 Å². The minimum absolute atomic E-state index is 0.0405. The summed E-state index contributed by atoms with van der Waals surface area (Å²) in [5.74, 6) is 0. The van der Waals surface area contributed by atoms with E-state index in [0.29, 0.717) is 6.42 Å². The van der Waals surface area contributed by atoms with Crippen molar-refractivity contribution in [2.75, 3.05) is 0 Å². The standard InChI is InChI=1S/C7H10ClN3O/c1-5(9)2-6-3-11(4-10-6)7(8)12/h3-5H,2,9H2,1H3/t5-/m1/s1. The Balaban J connectivity index is 2.71. The van der Waals surface area contributed by atoms with Gasteiger partial charge in [0.15, 0.2) is 0 Å². The summed E-state index contributed by atoms with van der Waals surface area (Å²) in [6.07, 6.45) is 3.61. The second-order valence-corrected chi connectivity index (χ2v) is 3.03. The van der Waals surface area contributed by atoms with Crippen molar-refractivity contribution in [3.05, 3.63) is 18.2 Å². The number of rotatable bonds is 2. The number of hydrogen-bond acceptors (Lipinski definition) is 3. The van der Waals surface area contributed by atoms with Gasteiger partial charge in [-0.25, -0.2) is 4.98 Å². The molecule has 5 heteroatoms. The van der Waals surface area contributed by atoms with Crippen LogP contribution in [-0.2, 0) is 6.42 Å². The maximum Gasteiger partial charge on any atom is 0.325 e. The Morgan fingerprint density at radius 2 is 2.58 bits per heavy atom. The number of nitrogens with zero attached hydrogens (tertiary/aromatic N) is 2. The molecule has 0 amide bonds. The van der Waals surface area contributed by atoms with E-state index in [2.05, 4.69) is 4.98 Å². The summed E-state index contributed by atoms with van der Waals surface area (Å²) in [7, 11) is 0. The van der Waals surface area contributed by atoms with Gasteiger partial charge in [0.05, 0.1) is 5.69 Å². The number of hydrogen-bond donors (Lipinski definition) is 1. The summed E-state index contributed by atoms with van der Waals surface area (Å²) in [5.41, 5.74) is 6.32. The zero-order chi connectivity index (χ0) is 9.14. The quantitative estimate of drug-likeness (QED) is 0.703. The van der Waals surface area contributed by atoms with Crippen LogP contribution >= 0.6 is 11.6 Å². The summed E-state index contributed by atoms with van der Waals surface area (Å²) >= 11 is 5.21. The molecule has 1 aromatic rings. The predicted octanol–water partition coefficient (Wildman–Crippen LogP) is 0.980.